The summed E-state index contributed by atoms with van der Waals surface area (Å²) < 4.78 is 0. The molecule has 2 aromatic rings. The SMILES string of the molecule is Cc1ccc(C(=O)/C=C2\NC(=O)c3ccccc32)cc1. The second kappa shape index (κ2) is 4.78. The molecule has 0 aliphatic carbocycles. The number of rotatable bonds is 2. The Morgan fingerprint density at radius 1 is 1.00 bits per heavy atom. The molecule has 3 rings (SSSR count). The van der Waals surface area contributed by atoms with Crippen molar-refractivity contribution >= 4 is 17.4 Å². The molecule has 0 fully saturated rings. The highest BCUT2D eigenvalue weighted by atomic mass is 16.2. The van der Waals surface area contributed by atoms with Crippen molar-refractivity contribution in [2.45, 2.75) is 6.92 Å². The Hall–Kier alpha value is -2.68. The molecule has 2 aromatic carbocycles. The average Bonchev–Trinajstić information content (AvgIpc) is 2.77. The van der Waals surface area contributed by atoms with Crippen molar-refractivity contribution in [2.75, 3.05) is 0 Å². The van der Waals surface area contributed by atoms with Gasteiger partial charge in [0.2, 0.25) is 0 Å². The van der Waals surface area contributed by atoms with Crippen LogP contribution >= 0.6 is 0 Å². The molecule has 0 atom stereocenters. The Morgan fingerprint density at radius 2 is 1.65 bits per heavy atom. The number of ketones is 1. The minimum absolute atomic E-state index is 0.114. The van der Waals surface area contributed by atoms with Crippen molar-refractivity contribution < 1.29 is 9.59 Å². The molecule has 20 heavy (non-hydrogen) atoms. The molecule has 0 saturated carbocycles. The second-order valence-corrected chi connectivity index (χ2v) is 4.79. The van der Waals surface area contributed by atoms with Gasteiger partial charge in [-0.1, -0.05) is 48.0 Å². The maximum absolute atomic E-state index is 12.2. The first-order chi connectivity index (χ1) is 9.65. The number of hydrogen-bond donors (Lipinski definition) is 1. The molecular formula is C17H13NO2. The van der Waals surface area contributed by atoms with Gasteiger partial charge in [-0.2, -0.15) is 0 Å². The van der Waals surface area contributed by atoms with Crippen LogP contribution in [0.2, 0.25) is 0 Å². The van der Waals surface area contributed by atoms with Gasteiger partial charge >= 0.3 is 0 Å². The predicted molar refractivity (Wildman–Crippen MR) is 77.4 cm³/mol. The fourth-order valence-electron chi connectivity index (χ4n) is 2.22. The van der Waals surface area contributed by atoms with E-state index in [1.807, 2.05) is 37.3 Å². The third-order valence-electron chi connectivity index (χ3n) is 3.32. The van der Waals surface area contributed by atoms with Crippen LogP contribution in [0.15, 0.2) is 54.6 Å². The summed E-state index contributed by atoms with van der Waals surface area (Å²) in [5.74, 6) is -0.277. The van der Waals surface area contributed by atoms with Crippen LogP contribution in [-0.4, -0.2) is 11.7 Å². The van der Waals surface area contributed by atoms with Crippen LogP contribution < -0.4 is 5.32 Å². The lowest BCUT2D eigenvalue weighted by molar-refractivity contribution is 0.0981. The van der Waals surface area contributed by atoms with Crippen LogP contribution in [0.1, 0.15) is 31.8 Å². The van der Waals surface area contributed by atoms with Gasteiger partial charge in [-0.25, -0.2) is 0 Å². The van der Waals surface area contributed by atoms with E-state index in [1.54, 1.807) is 18.2 Å². The van der Waals surface area contributed by atoms with E-state index in [9.17, 15) is 9.59 Å². The van der Waals surface area contributed by atoms with Crippen molar-refractivity contribution in [1.29, 1.82) is 0 Å². The molecule has 3 nitrogen and oxygen atoms in total. The van der Waals surface area contributed by atoms with E-state index in [2.05, 4.69) is 5.32 Å². The summed E-state index contributed by atoms with van der Waals surface area (Å²) in [5, 5.41) is 2.73. The first-order valence-corrected chi connectivity index (χ1v) is 6.38. The summed E-state index contributed by atoms with van der Waals surface area (Å²) in [6.07, 6.45) is 1.48. The normalized spacial score (nSPS) is 15.1. The molecule has 0 saturated heterocycles. The number of nitrogens with one attached hydrogen (secondary N) is 1. The highest BCUT2D eigenvalue weighted by molar-refractivity contribution is 6.15. The van der Waals surface area contributed by atoms with E-state index in [1.165, 1.54) is 6.08 Å². The minimum Gasteiger partial charge on any atom is -0.321 e. The van der Waals surface area contributed by atoms with Gasteiger partial charge in [-0.15, -0.1) is 0 Å². The van der Waals surface area contributed by atoms with Crippen LogP contribution in [0.25, 0.3) is 5.70 Å². The van der Waals surface area contributed by atoms with Crippen molar-refractivity contribution in [3.8, 4) is 0 Å². The Morgan fingerprint density at radius 3 is 2.35 bits per heavy atom. The molecule has 98 valence electrons. The Balaban J connectivity index is 1.96. The fourth-order valence-corrected chi connectivity index (χ4v) is 2.22. The van der Waals surface area contributed by atoms with Crippen LogP contribution in [0.4, 0.5) is 0 Å². The van der Waals surface area contributed by atoms with Gasteiger partial charge in [0, 0.05) is 22.8 Å². The largest absolute Gasteiger partial charge is 0.321 e. The number of carbonyl (C=O) groups is 2. The molecule has 1 aliphatic rings. The van der Waals surface area contributed by atoms with Crippen molar-refractivity contribution in [1.82, 2.24) is 5.32 Å². The maximum atomic E-state index is 12.2. The lowest BCUT2D eigenvalue weighted by Crippen LogP contribution is -2.13. The first kappa shape index (κ1) is 12.4. The zero-order chi connectivity index (χ0) is 14.1. The highest BCUT2D eigenvalue weighted by Gasteiger charge is 2.23. The van der Waals surface area contributed by atoms with Crippen molar-refractivity contribution in [3.63, 3.8) is 0 Å². The van der Waals surface area contributed by atoms with Crippen molar-refractivity contribution in [3.05, 3.63) is 76.9 Å². The number of amides is 1. The van der Waals surface area contributed by atoms with Gasteiger partial charge in [-0.05, 0) is 13.0 Å². The predicted octanol–water partition coefficient (Wildman–Crippen LogP) is 2.96. The zero-order valence-corrected chi connectivity index (χ0v) is 11.0. The molecule has 0 bridgehead atoms. The van der Waals surface area contributed by atoms with E-state index in [0.29, 0.717) is 16.8 Å². The molecule has 3 heteroatoms. The lowest BCUT2D eigenvalue weighted by Gasteiger charge is -2.01. The van der Waals surface area contributed by atoms with E-state index in [-0.39, 0.29) is 11.7 Å². The summed E-state index contributed by atoms with van der Waals surface area (Å²) in [6.45, 7) is 1.97. The number of aryl methyl sites for hydroxylation is 1. The van der Waals surface area contributed by atoms with E-state index in [0.717, 1.165) is 11.1 Å². The Bertz CT molecular complexity index is 727. The topological polar surface area (TPSA) is 46.2 Å². The van der Waals surface area contributed by atoms with Gasteiger partial charge in [-0.3, -0.25) is 9.59 Å². The molecule has 0 spiro atoms. The number of hydrogen-bond acceptors (Lipinski definition) is 2. The zero-order valence-electron chi connectivity index (χ0n) is 11.0. The van der Waals surface area contributed by atoms with Crippen LogP contribution in [-0.2, 0) is 0 Å². The molecule has 1 aliphatic heterocycles. The standard InChI is InChI=1S/C17H13NO2/c1-11-6-8-12(9-7-11)16(19)10-15-13-4-2-3-5-14(13)17(20)18-15/h2-10H,1H3,(H,18,20)/b15-10-. The average molecular weight is 263 g/mol. The monoisotopic (exact) mass is 263 g/mol. The minimum atomic E-state index is -0.163. The third kappa shape index (κ3) is 2.14. The summed E-state index contributed by atoms with van der Waals surface area (Å²) in [6, 6.07) is 14.6. The number of benzene rings is 2. The molecule has 1 amide bonds. The smallest absolute Gasteiger partial charge is 0.256 e. The number of fused-ring (bicyclic) bond motifs is 1. The summed E-state index contributed by atoms with van der Waals surface area (Å²) in [4.78, 5) is 24.0. The van der Waals surface area contributed by atoms with Crippen LogP contribution in [0.5, 0.6) is 0 Å². The number of carbonyl (C=O) groups excluding carboxylic acids is 2. The quantitative estimate of drug-likeness (QED) is 0.669. The molecule has 1 N–H and O–H groups in total. The summed E-state index contributed by atoms with van der Waals surface area (Å²) in [7, 11) is 0. The lowest BCUT2D eigenvalue weighted by atomic mass is 10.0. The maximum Gasteiger partial charge on any atom is 0.256 e. The first-order valence-electron chi connectivity index (χ1n) is 6.38. The van der Waals surface area contributed by atoms with E-state index >= 15 is 0 Å². The van der Waals surface area contributed by atoms with Crippen LogP contribution in [0, 0.1) is 6.92 Å². The van der Waals surface area contributed by atoms with Gasteiger partial charge < -0.3 is 5.32 Å². The van der Waals surface area contributed by atoms with E-state index in [4.69, 9.17) is 0 Å². The van der Waals surface area contributed by atoms with Crippen molar-refractivity contribution in [2.24, 2.45) is 0 Å². The van der Waals surface area contributed by atoms with Gasteiger partial charge in [0.1, 0.15) is 0 Å². The molecule has 1 heterocycles. The molecule has 0 aromatic heterocycles. The Labute approximate surface area is 116 Å². The van der Waals surface area contributed by atoms with Gasteiger partial charge in [0.25, 0.3) is 5.91 Å². The second-order valence-electron chi connectivity index (χ2n) is 4.79. The summed E-state index contributed by atoms with van der Waals surface area (Å²) >= 11 is 0. The van der Waals surface area contributed by atoms with Gasteiger partial charge in [0.05, 0.1) is 5.70 Å². The van der Waals surface area contributed by atoms with Gasteiger partial charge in [0.15, 0.2) is 5.78 Å². The Kier molecular flexibility index (Phi) is 2.95. The summed E-state index contributed by atoms with van der Waals surface area (Å²) in [5.41, 5.74) is 3.67. The molecule has 0 radical (unpaired) electrons. The highest BCUT2D eigenvalue weighted by Crippen LogP contribution is 2.24. The molecular weight excluding hydrogens is 250 g/mol. The fraction of sp³-hybridized carbons (Fsp3) is 0.0588. The molecule has 0 unspecified atom stereocenters. The number of allylic oxidation sites excluding steroid dienone is 1. The van der Waals surface area contributed by atoms with E-state index < -0.39 is 0 Å². The third-order valence-corrected chi connectivity index (χ3v) is 3.32. The van der Waals surface area contributed by atoms with Crippen LogP contribution in [0.3, 0.4) is 0 Å².